The minimum atomic E-state index is -0.791. The number of amides is 1. The van der Waals surface area contributed by atoms with Crippen LogP contribution in [0.25, 0.3) is 11.0 Å². The number of ether oxygens (including phenoxy) is 2. The van der Waals surface area contributed by atoms with Gasteiger partial charge in [0.15, 0.2) is 10.6 Å². The van der Waals surface area contributed by atoms with Crippen molar-refractivity contribution in [1.29, 1.82) is 0 Å². The maximum Gasteiger partial charge on any atom is 0.350 e. The number of hydrogen-bond donors (Lipinski definition) is 0. The van der Waals surface area contributed by atoms with Crippen LogP contribution in [0.2, 0.25) is 0 Å². The largest absolute Gasteiger partial charge is 0.494 e. The second-order valence-corrected chi connectivity index (χ2v) is 10.3. The molecule has 1 unspecified atom stereocenters. The summed E-state index contributed by atoms with van der Waals surface area (Å²) in [5.74, 6) is -0.346. The lowest BCUT2D eigenvalue weighted by atomic mass is 9.97. The fourth-order valence-electron chi connectivity index (χ4n) is 4.59. The molecule has 2 aromatic carbocycles. The zero-order valence-corrected chi connectivity index (χ0v) is 22.7. The van der Waals surface area contributed by atoms with Crippen molar-refractivity contribution >= 4 is 39.3 Å². The first-order valence-electron chi connectivity index (χ1n) is 12.4. The summed E-state index contributed by atoms with van der Waals surface area (Å²) in [4.78, 5) is 46.3. The number of aromatic nitrogens is 1. The van der Waals surface area contributed by atoms with E-state index in [1.807, 2.05) is 38.1 Å². The molecule has 0 fully saturated rings. The Morgan fingerprint density at radius 1 is 1.11 bits per heavy atom. The highest BCUT2D eigenvalue weighted by Gasteiger charge is 2.45. The van der Waals surface area contributed by atoms with E-state index >= 15 is 0 Å². The number of fused-ring (bicyclic) bond motifs is 2. The Hall–Kier alpha value is -3.98. The average molecular weight is 533 g/mol. The van der Waals surface area contributed by atoms with Gasteiger partial charge in [-0.25, -0.2) is 9.78 Å². The monoisotopic (exact) mass is 532 g/mol. The van der Waals surface area contributed by atoms with Crippen LogP contribution in [0.5, 0.6) is 5.75 Å². The molecule has 5 rings (SSSR count). The molecule has 1 atom stereocenters. The molecule has 0 bridgehead atoms. The number of methoxy groups -OCH3 is 1. The van der Waals surface area contributed by atoms with Crippen LogP contribution in [0, 0.1) is 20.8 Å². The molecule has 38 heavy (non-hydrogen) atoms. The first-order chi connectivity index (χ1) is 18.2. The molecule has 8 nitrogen and oxygen atoms in total. The quantitative estimate of drug-likeness (QED) is 0.216. The Balaban J connectivity index is 1.69. The van der Waals surface area contributed by atoms with E-state index in [-0.39, 0.29) is 21.9 Å². The first-order valence-corrected chi connectivity index (χ1v) is 13.3. The summed E-state index contributed by atoms with van der Waals surface area (Å²) in [6, 6.07) is 10.1. The van der Waals surface area contributed by atoms with Gasteiger partial charge in [-0.1, -0.05) is 36.8 Å². The van der Waals surface area contributed by atoms with Crippen molar-refractivity contribution in [3.05, 3.63) is 85.2 Å². The standard InChI is InChI=1S/C29H28N2O6S/c1-6-7-12-36-19-10-8-18(9-11-19)23-22-24(32)20-13-15(2)16(3)14-21(20)37-25(22)27(33)31(23)29-30-17(4)26(38-29)28(34)35-5/h8-11,13-14,23H,6-7,12H2,1-5H3. The predicted octanol–water partition coefficient (Wildman–Crippen LogP) is 5.89. The van der Waals surface area contributed by atoms with E-state index in [2.05, 4.69) is 11.9 Å². The van der Waals surface area contributed by atoms with Crippen molar-refractivity contribution in [1.82, 2.24) is 4.98 Å². The van der Waals surface area contributed by atoms with Gasteiger partial charge in [-0.2, -0.15) is 0 Å². The van der Waals surface area contributed by atoms with E-state index in [0.29, 0.717) is 39.5 Å². The SMILES string of the molecule is CCCCOc1ccc(C2c3c(oc4cc(C)c(C)cc4c3=O)C(=O)N2c2nc(C)c(C(=O)OC)s2)cc1. The molecule has 1 aliphatic heterocycles. The molecule has 9 heteroatoms. The lowest BCUT2D eigenvalue weighted by Crippen LogP contribution is -2.29. The summed E-state index contributed by atoms with van der Waals surface area (Å²) in [5, 5.41) is 0.694. The Morgan fingerprint density at radius 3 is 2.50 bits per heavy atom. The van der Waals surface area contributed by atoms with E-state index in [0.717, 1.165) is 35.3 Å². The van der Waals surface area contributed by atoms with Crippen molar-refractivity contribution in [3.8, 4) is 5.75 Å². The van der Waals surface area contributed by atoms with Gasteiger partial charge in [-0.15, -0.1) is 0 Å². The smallest absolute Gasteiger partial charge is 0.350 e. The van der Waals surface area contributed by atoms with Gasteiger partial charge < -0.3 is 13.9 Å². The second-order valence-electron chi connectivity index (χ2n) is 9.36. The molecule has 0 N–H and O–H groups in total. The van der Waals surface area contributed by atoms with E-state index in [1.165, 1.54) is 12.0 Å². The number of hydrogen-bond acceptors (Lipinski definition) is 8. The second kappa shape index (κ2) is 10.1. The van der Waals surface area contributed by atoms with Crippen molar-refractivity contribution < 1.29 is 23.5 Å². The fraction of sp³-hybridized carbons (Fsp3) is 0.310. The highest BCUT2D eigenvalue weighted by molar-refractivity contribution is 7.17. The summed E-state index contributed by atoms with van der Waals surface area (Å²) in [6.07, 6.45) is 1.97. The molecule has 1 amide bonds. The minimum Gasteiger partial charge on any atom is -0.494 e. The van der Waals surface area contributed by atoms with Crippen molar-refractivity contribution in [2.45, 2.75) is 46.6 Å². The number of rotatable bonds is 7. The molecule has 4 aromatic rings. The van der Waals surface area contributed by atoms with Gasteiger partial charge in [-0.05, 0) is 68.1 Å². The van der Waals surface area contributed by atoms with E-state index in [1.54, 1.807) is 19.1 Å². The maximum absolute atomic E-state index is 13.9. The van der Waals surface area contributed by atoms with E-state index < -0.39 is 17.9 Å². The highest BCUT2D eigenvalue weighted by Crippen LogP contribution is 2.43. The van der Waals surface area contributed by atoms with Gasteiger partial charge in [0.25, 0.3) is 5.91 Å². The van der Waals surface area contributed by atoms with Crippen LogP contribution in [-0.2, 0) is 4.74 Å². The Kier molecular flexibility index (Phi) is 6.79. The molecule has 0 saturated heterocycles. The number of nitrogens with zero attached hydrogens (tertiary/aromatic N) is 2. The number of anilines is 1. The lowest BCUT2D eigenvalue weighted by molar-refractivity contribution is 0.0605. The Bertz CT molecular complexity index is 1620. The van der Waals surface area contributed by atoms with Gasteiger partial charge in [0.2, 0.25) is 5.76 Å². The zero-order chi connectivity index (χ0) is 27.1. The van der Waals surface area contributed by atoms with Crippen LogP contribution >= 0.6 is 11.3 Å². The number of thiazole rings is 1. The van der Waals surface area contributed by atoms with Crippen LogP contribution < -0.4 is 15.1 Å². The molecule has 3 heterocycles. The third kappa shape index (κ3) is 4.26. The van der Waals surface area contributed by atoms with E-state index in [4.69, 9.17) is 13.9 Å². The summed E-state index contributed by atoms with van der Waals surface area (Å²) < 4.78 is 16.8. The molecule has 0 saturated carbocycles. The van der Waals surface area contributed by atoms with Crippen molar-refractivity contribution in [2.24, 2.45) is 0 Å². The fourth-order valence-corrected chi connectivity index (χ4v) is 5.60. The van der Waals surface area contributed by atoms with Crippen LogP contribution in [0.3, 0.4) is 0 Å². The number of esters is 1. The average Bonchev–Trinajstić information content (AvgIpc) is 3.42. The number of carbonyl (C=O) groups is 2. The minimum absolute atomic E-state index is 0.0218. The highest BCUT2D eigenvalue weighted by atomic mass is 32.1. The molecule has 0 aliphatic carbocycles. The number of aryl methyl sites for hydroxylation is 3. The summed E-state index contributed by atoms with van der Waals surface area (Å²) in [6.45, 7) is 8.24. The maximum atomic E-state index is 13.9. The third-order valence-corrected chi connectivity index (χ3v) is 7.95. The molecular weight excluding hydrogens is 504 g/mol. The first kappa shape index (κ1) is 25.7. The van der Waals surface area contributed by atoms with Crippen molar-refractivity contribution in [3.63, 3.8) is 0 Å². The Labute approximate surface area is 223 Å². The van der Waals surface area contributed by atoms with Gasteiger partial charge in [0.05, 0.1) is 36.4 Å². The molecule has 196 valence electrons. The third-order valence-electron chi connectivity index (χ3n) is 6.81. The normalized spacial score (nSPS) is 14.7. The van der Waals surface area contributed by atoms with Gasteiger partial charge in [0, 0.05) is 0 Å². The predicted molar refractivity (Wildman–Crippen MR) is 146 cm³/mol. The lowest BCUT2D eigenvalue weighted by Gasteiger charge is -2.22. The number of benzene rings is 2. The zero-order valence-electron chi connectivity index (χ0n) is 21.9. The molecule has 0 spiro atoms. The van der Waals surface area contributed by atoms with Gasteiger partial charge >= 0.3 is 5.97 Å². The Morgan fingerprint density at radius 2 is 1.82 bits per heavy atom. The summed E-state index contributed by atoms with van der Waals surface area (Å²) >= 11 is 1.05. The number of unbranched alkanes of at least 4 members (excludes halogenated alkanes) is 1. The molecular formula is C29H28N2O6S. The van der Waals surface area contributed by atoms with Gasteiger partial charge in [0.1, 0.15) is 16.2 Å². The van der Waals surface area contributed by atoms with Gasteiger partial charge in [-0.3, -0.25) is 14.5 Å². The molecule has 2 aromatic heterocycles. The van der Waals surface area contributed by atoms with Crippen LogP contribution in [0.1, 0.15) is 74.0 Å². The van der Waals surface area contributed by atoms with Crippen LogP contribution in [0.4, 0.5) is 5.13 Å². The van der Waals surface area contributed by atoms with E-state index in [9.17, 15) is 14.4 Å². The van der Waals surface area contributed by atoms with Crippen LogP contribution in [-0.4, -0.2) is 30.6 Å². The number of carbonyl (C=O) groups excluding carboxylic acids is 2. The molecule has 1 aliphatic rings. The summed E-state index contributed by atoms with van der Waals surface area (Å²) in [7, 11) is 1.29. The van der Waals surface area contributed by atoms with Crippen molar-refractivity contribution in [2.75, 3.05) is 18.6 Å². The van der Waals surface area contributed by atoms with Crippen LogP contribution in [0.15, 0.2) is 45.6 Å². The summed E-state index contributed by atoms with van der Waals surface area (Å²) in [5.41, 5.74) is 3.38. The topological polar surface area (TPSA) is 98.9 Å². The molecule has 0 radical (unpaired) electrons.